The lowest BCUT2D eigenvalue weighted by Gasteiger charge is -2.25. The number of hydrogen-bond acceptors (Lipinski definition) is 1. The molecule has 0 spiro atoms. The molecule has 2 unspecified atom stereocenters. The van der Waals surface area contributed by atoms with E-state index in [1.807, 2.05) is 30.3 Å². The van der Waals surface area contributed by atoms with Gasteiger partial charge in [0.05, 0.1) is 11.6 Å². The van der Waals surface area contributed by atoms with Crippen molar-refractivity contribution in [2.24, 2.45) is 5.92 Å². The van der Waals surface area contributed by atoms with Gasteiger partial charge >= 0.3 is 0 Å². The highest BCUT2D eigenvalue weighted by molar-refractivity contribution is 7.74. The quantitative estimate of drug-likeness (QED) is 0.596. The SMILES string of the molecule is C[P+](C)(C)C1CCCC1C(=O)c1ccccc1.[Br-]. The van der Waals surface area contributed by atoms with Gasteiger partial charge in [-0.15, -0.1) is 0 Å². The predicted molar refractivity (Wildman–Crippen MR) is 76.6 cm³/mol. The van der Waals surface area contributed by atoms with Crippen molar-refractivity contribution < 1.29 is 21.8 Å². The first kappa shape index (κ1) is 15.9. The number of carbonyl (C=O) groups excluding carboxylic acids is 1. The van der Waals surface area contributed by atoms with E-state index in [1.165, 1.54) is 12.8 Å². The summed E-state index contributed by atoms with van der Waals surface area (Å²) in [6, 6.07) is 9.81. The standard InChI is InChI=1S/C15H22OP.BrH/c1-17(2,3)14-11-7-10-13(14)15(16)12-8-5-4-6-9-12;/h4-6,8-9,13-14H,7,10-11H2,1-3H3;1H/q+1;/p-1. The molecular weight excluding hydrogens is 307 g/mol. The Morgan fingerprint density at radius 3 is 2.28 bits per heavy atom. The predicted octanol–water partition coefficient (Wildman–Crippen LogP) is 0.949. The van der Waals surface area contributed by atoms with Gasteiger partial charge in [0.1, 0.15) is 0 Å². The topological polar surface area (TPSA) is 17.1 Å². The van der Waals surface area contributed by atoms with Crippen LogP contribution in [-0.2, 0) is 0 Å². The van der Waals surface area contributed by atoms with Gasteiger partial charge in [-0.25, -0.2) is 0 Å². The zero-order valence-electron chi connectivity index (χ0n) is 11.4. The Kier molecular flexibility index (Phi) is 5.55. The molecule has 2 atom stereocenters. The molecule has 1 aliphatic rings. The normalized spacial score (nSPS) is 23.5. The summed E-state index contributed by atoms with van der Waals surface area (Å²) in [5, 5.41) is 0. The fraction of sp³-hybridized carbons (Fsp3) is 0.533. The number of Topliss-reactive ketones (excluding diaryl/α,β-unsaturated/α-hetero) is 1. The molecule has 0 N–H and O–H groups in total. The van der Waals surface area contributed by atoms with Crippen LogP contribution in [0.4, 0.5) is 0 Å². The molecule has 2 rings (SSSR count). The lowest BCUT2D eigenvalue weighted by Crippen LogP contribution is -3.00. The molecule has 1 saturated carbocycles. The van der Waals surface area contributed by atoms with E-state index in [1.54, 1.807) is 0 Å². The maximum absolute atomic E-state index is 12.5. The van der Waals surface area contributed by atoms with Crippen LogP contribution in [0.25, 0.3) is 0 Å². The van der Waals surface area contributed by atoms with Crippen molar-refractivity contribution in [3.05, 3.63) is 35.9 Å². The minimum atomic E-state index is -0.915. The molecule has 0 saturated heterocycles. The largest absolute Gasteiger partial charge is 1.00 e. The highest BCUT2D eigenvalue weighted by atomic mass is 79.9. The van der Waals surface area contributed by atoms with E-state index in [4.69, 9.17) is 0 Å². The van der Waals surface area contributed by atoms with E-state index in [-0.39, 0.29) is 22.9 Å². The maximum Gasteiger partial charge on any atom is 0.169 e. The van der Waals surface area contributed by atoms with Crippen molar-refractivity contribution >= 4 is 13.0 Å². The van der Waals surface area contributed by atoms with Gasteiger partial charge in [0.15, 0.2) is 5.78 Å². The lowest BCUT2D eigenvalue weighted by molar-refractivity contribution is -0.0000117. The first-order valence-corrected chi connectivity index (χ1v) is 9.60. The first-order valence-electron chi connectivity index (χ1n) is 6.40. The van der Waals surface area contributed by atoms with Crippen LogP contribution in [0.1, 0.15) is 29.6 Å². The van der Waals surface area contributed by atoms with Crippen LogP contribution in [0, 0.1) is 5.92 Å². The summed E-state index contributed by atoms with van der Waals surface area (Å²) in [5.41, 5.74) is 1.55. The van der Waals surface area contributed by atoms with E-state index in [9.17, 15) is 4.79 Å². The Balaban J connectivity index is 0.00000162. The van der Waals surface area contributed by atoms with Crippen molar-refractivity contribution in [3.63, 3.8) is 0 Å². The average molecular weight is 329 g/mol. The molecule has 1 aromatic rings. The highest BCUT2D eigenvalue weighted by Gasteiger charge is 2.44. The summed E-state index contributed by atoms with van der Waals surface area (Å²) in [5.74, 6) is 0.661. The molecule has 1 nitrogen and oxygen atoms in total. The molecule has 1 aliphatic carbocycles. The molecule has 1 fully saturated rings. The molecule has 3 heteroatoms. The fourth-order valence-corrected chi connectivity index (χ4v) is 5.31. The second-order valence-electron chi connectivity index (χ2n) is 5.95. The van der Waals surface area contributed by atoms with Gasteiger partial charge in [-0.1, -0.05) is 30.3 Å². The van der Waals surface area contributed by atoms with E-state index < -0.39 is 7.26 Å². The monoisotopic (exact) mass is 328 g/mol. The van der Waals surface area contributed by atoms with Gasteiger partial charge in [-0.3, -0.25) is 4.79 Å². The van der Waals surface area contributed by atoms with Crippen LogP contribution >= 0.6 is 7.26 Å². The average Bonchev–Trinajstić information content (AvgIpc) is 2.78. The van der Waals surface area contributed by atoms with Crippen molar-refractivity contribution in [1.29, 1.82) is 0 Å². The number of ketones is 1. The van der Waals surface area contributed by atoms with Crippen LogP contribution in [0.3, 0.4) is 0 Å². The molecular formula is C15H22BrOP. The van der Waals surface area contributed by atoms with E-state index in [2.05, 4.69) is 20.0 Å². The Bertz CT molecular complexity index is 397. The first-order chi connectivity index (χ1) is 8.00. The maximum atomic E-state index is 12.5. The minimum Gasteiger partial charge on any atom is -1.00 e. The van der Waals surface area contributed by atoms with Crippen molar-refractivity contribution in [3.8, 4) is 0 Å². The van der Waals surface area contributed by atoms with E-state index in [0.29, 0.717) is 11.4 Å². The summed E-state index contributed by atoms with van der Waals surface area (Å²) in [6.45, 7) is 7.11. The van der Waals surface area contributed by atoms with Crippen molar-refractivity contribution in [2.45, 2.75) is 24.9 Å². The highest BCUT2D eigenvalue weighted by Crippen LogP contribution is 2.60. The molecule has 0 bridgehead atoms. The van der Waals surface area contributed by atoms with E-state index >= 15 is 0 Å². The molecule has 0 aromatic heterocycles. The Morgan fingerprint density at radius 2 is 1.72 bits per heavy atom. The third kappa shape index (κ3) is 3.42. The Labute approximate surface area is 121 Å². The van der Waals surface area contributed by atoms with Crippen LogP contribution < -0.4 is 17.0 Å². The van der Waals surface area contributed by atoms with Gasteiger partial charge in [-0.05, 0) is 19.3 Å². The summed E-state index contributed by atoms with van der Waals surface area (Å²) in [6.07, 6.45) is 3.57. The van der Waals surface area contributed by atoms with Crippen molar-refractivity contribution in [2.75, 3.05) is 20.0 Å². The Hall–Kier alpha value is -0.200. The molecule has 0 radical (unpaired) electrons. The molecule has 0 amide bonds. The van der Waals surface area contributed by atoms with Crippen molar-refractivity contribution in [1.82, 2.24) is 0 Å². The van der Waals surface area contributed by atoms with Gasteiger partial charge in [0, 0.05) is 32.8 Å². The summed E-state index contributed by atoms with van der Waals surface area (Å²) in [7, 11) is -0.915. The smallest absolute Gasteiger partial charge is 0.169 e. The van der Waals surface area contributed by atoms with Crippen LogP contribution in [-0.4, -0.2) is 31.4 Å². The molecule has 1 aromatic carbocycles. The van der Waals surface area contributed by atoms with Crippen LogP contribution in [0.2, 0.25) is 0 Å². The molecule has 100 valence electrons. The lowest BCUT2D eigenvalue weighted by atomic mass is 9.96. The number of carbonyl (C=O) groups is 1. The van der Waals surface area contributed by atoms with Crippen LogP contribution in [0.15, 0.2) is 30.3 Å². The molecule has 0 aliphatic heterocycles. The zero-order valence-corrected chi connectivity index (χ0v) is 13.9. The number of hydrogen-bond donors (Lipinski definition) is 0. The molecule has 0 heterocycles. The molecule has 18 heavy (non-hydrogen) atoms. The van der Waals surface area contributed by atoms with Gasteiger partial charge in [-0.2, -0.15) is 0 Å². The number of rotatable bonds is 3. The number of benzene rings is 1. The third-order valence-electron chi connectivity index (χ3n) is 3.87. The second kappa shape index (κ2) is 6.30. The summed E-state index contributed by atoms with van der Waals surface area (Å²) < 4.78 is 0. The van der Waals surface area contributed by atoms with Gasteiger partial charge < -0.3 is 17.0 Å². The van der Waals surface area contributed by atoms with E-state index in [0.717, 1.165) is 12.0 Å². The van der Waals surface area contributed by atoms with Gasteiger partial charge in [0.25, 0.3) is 0 Å². The zero-order chi connectivity index (χ0) is 12.5. The summed E-state index contributed by atoms with van der Waals surface area (Å²) in [4.78, 5) is 12.5. The Morgan fingerprint density at radius 1 is 1.11 bits per heavy atom. The third-order valence-corrected chi connectivity index (χ3v) is 6.48. The summed E-state index contributed by atoms with van der Waals surface area (Å²) >= 11 is 0. The second-order valence-corrected chi connectivity index (χ2v) is 10.8. The van der Waals surface area contributed by atoms with Gasteiger partial charge in [0.2, 0.25) is 0 Å². The minimum absolute atomic E-state index is 0. The van der Waals surface area contributed by atoms with Crippen LogP contribution in [0.5, 0.6) is 0 Å². The fourth-order valence-electron chi connectivity index (χ4n) is 2.99. The number of halogens is 1.